The van der Waals surface area contributed by atoms with E-state index in [0.717, 1.165) is 73.7 Å². The first kappa shape index (κ1) is 24.8. The molecule has 36 heavy (non-hydrogen) atoms. The second-order valence-corrected chi connectivity index (χ2v) is 10.8. The molecule has 1 saturated heterocycles. The fourth-order valence-electron chi connectivity index (χ4n) is 5.00. The van der Waals surface area contributed by atoms with Crippen LogP contribution in [0.4, 0.5) is 23.1 Å². The number of aromatic nitrogens is 2. The van der Waals surface area contributed by atoms with E-state index in [0.29, 0.717) is 12.5 Å². The van der Waals surface area contributed by atoms with Gasteiger partial charge < -0.3 is 25.8 Å². The van der Waals surface area contributed by atoms with Crippen LogP contribution >= 0.6 is 11.3 Å². The lowest BCUT2D eigenvalue weighted by atomic mass is 9.89. The molecule has 2 fully saturated rings. The normalized spacial score (nSPS) is 17.3. The molecular formula is C27H37N7OS. The maximum Gasteiger partial charge on any atom is 0.229 e. The van der Waals surface area contributed by atoms with Gasteiger partial charge in [-0.15, -0.1) is 11.3 Å². The molecule has 9 heteroatoms. The van der Waals surface area contributed by atoms with Crippen LogP contribution in [0.25, 0.3) is 10.2 Å². The lowest BCUT2D eigenvalue weighted by Gasteiger charge is -2.34. The van der Waals surface area contributed by atoms with Crippen molar-refractivity contribution in [1.29, 1.82) is 0 Å². The molecule has 0 spiro atoms. The summed E-state index contributed by atoms with van der Waals surface area (Å²) in [6.07, 6.45) is 6.56. The molecule has 2 aliphatic rings. The average molecular weight is 508 g/mol. The zero-order chi connectivity index (χ0) is 24.7. The number of anilines is 4. The Balaban J connectivity index is 1.15. The van der Waals surface area contributed by atoms with Gasteiger partial charge in [-0.3, -0.25) is 4.79 Å². The maximum absolute atomic E-state index is 12.4. The van der Waals surface area contributed by atoms with Crippen LogP contribution in [0.2, 0.25) is 0 Å². The van der Waals surface area contributed by atoms with E-state index in [1.54, 1.807) is 11.3 Å². The lowest BCUT2D eigenvalue weighted by Crippen LogP contribution is -2.44. The second-order valence-electron chi connectivity index (χ2n) is 9.90. The van der Waals surface area contributed by atoms with E-state index in [9.17, 15) is 4.79 Å². The molecule has 1 aliphatic heterocycles. The van der Waals surface area contributed by atoms with Gasteiger partial charge in [0.05, 0.1) is 10.2 Å². The molecule has 3 heterocycles. The van der Waals surface area contributed by atoms with E-state index < -0.39 is 0 Å². The Bertz CT molecular complexity index is 1130. The first-order chi connectivity index (χ1) is 17.7. The smallest absolute Gasteiger partial charge is 0.229 e. The van der Waals surface area contributed by atoms with Crippen molar-refractivity contribution in [2.45, 2.75) is 38.5 Å². The molecule has 5 rings (SSSR count). The summed E-state index contributed by atoms with van der Waals surface area (Å²) < 4.78 is 1.05. The number of benzene rings is 1. The summed E-state index contributed by atoms with van der Waals surface area (Å²) in [5, 5.41) is 12.0. The van der Waals surface area contributed by atoms with Crippen LogP contribution < -0.4 is 20.9 Å². The van der Waals surface area contributed by atoms with Gasteiger partial charge in [0.1, 0.15) is 5.82 Å². The van der Waals surface area contributed by atoms with Gasteiger partial charge in [-0.05, 0) is 62.0 Å². The molecule has 8 nitrogen and oxygen atoms in total. The van der Waals surface area contributed by atoms with Crippen LogP contribution in [0.15, 0.2) is 35.7 Å². The molecule has 0 bridgehead atoms. The summed E-state index contributed by atoms with van der Waals surface area (Å²) in [4.78, 5) is 26.6. The van der Waals surface area contributed by atoms with Crippen LogP contribution in [0.3, 0.4) is 0 Å². The molecule has 2 aromatic heterocycles. The number of carbonyl (C=O) groups is 1. The third-order valence-corrected chi connectivity index (χ3v) is 8.13. The fourth-order valence-corrected chi connectivity index (χ4v) is 5.80. The molecule has 1 saturated carbocycles. The van der Waals surface area contributed by atoms with Crippen LogP contribution in [-0.2, 0) is 4.79 Å². The van der Waals surface area contributed by atoms with Gasteiger partial charge in [-0.25, -0.2) is 4.98 Å². The largest absolute Gasteiger partial charge is 0.369 e. The summed E-state index contributed by atoms with van der Waals surface area (Å²) in [5.74, 6) is 1.86. The van der Waals surface area contributed by atoms with Crippen molar-refractivity contribution in [3.63, 3.8) is 0 Å². The molecule has 192 valence electrons. The van der Waals surface area contributed by atoms with Crippen molar-refractivity contribution < 1.29 is 4.79 Å². The van der Waals surface area contributed by atoms with E-state index in [1.807, 2.05) is 11.4 Å². The second kappa shape index (κ2) is 11.9. The van der Waals surface area contributed by atoms with Crippen molar-refractivity contribution in [2.75, 3.05) is 61.8 Å². The monoisotopic (exact) mass is 507 g/mol. The van der Waals surface area contributed by atoms with E-state index in [2.05, 4.69) is 57.1 Å². The molecule has 1 aromatic carbocycles. The Kier molecular flexibility index (Phi) is 8.18. The van der Waals surface area contributed by atoms with Gasteiger partial charge in [-0.1, -0.05) is 19.3 Å². The minimum absolute atomic E-state index is 0.212. The number of amides is 1. The SMILES string of the molecule is CN1CCN(c2ccc(Nc3nc(NCCCNC(=O)C4CCCCC4)c4sccc4n3)cc2)CC1. The van der Waals surface area contributed by atoms with E-state index in [1.165, 1.54) is 24.9 Å². The van der Waals surface area contributed by atoms with Crippen LogP contribution in [0.5, 0.6) is 0 Å². The van der Waals surface area contributed by atoms with E-state index in [-0.39, 0.29) is 11.8 Å². The number of piperazine rings is 1. The number of hydrogen-bond donors (Lipinski definition) is 3. The standard InChI is InChI=1S/C27H37N7OS/c1-33-15-17-34(18-16-33)22-10-8-21(9-11-22)30-27-31-23-12-19-36-24(23)25(32-27)28-13-5-14-29-26(35)20-6-3-2-4-7-20/h8-12,19-20H,2-7,13-18H2,1H3,(H,29,35)(H2,28,30,31,32). The Hall–Kier alpha value is -2.91. The number of likely N-dealkylation sites (N-methyl/N-ethyl adjacent to an activating group) is 1. The number of thiophene rings is 1. The Morgan fingerprint density at radius 2 is 1.78 bits per heavy atom. The van der Waals surface area contributed by atoms with E-state index >= 15 is 0 Å². The van der Waals surface area contributed by atoms with Gasteiger partial charge in [0, 0.05) is 56.6 Å². The summed E-state index contributed by atoms with van der Waals surface area (Å²) >= 11 is 1.64. The van der Waals surface area contributed by atoms with Crippen LogP contribution in [0.1, 0.15) is 38.5 Å². The van der Waals surface area contributed by atoms with Crippen molar-refractivity contribution in [2.24, 2.45) is 5.92 Å². The summed E-state index contributed by atoms with van der Waals surface area (Å²) in [6, 6.07) is 10.5. The maximum atomic E-state index is 12.4. The number of rotatable bonds is 9. The topological polar surface area (TPSA) is 85.4 Å². The summed E-state index contributed by atoms with van der Waals surface area (Å²) in [7, 11) is 2.17. The molecule has 1 amide bonds. The number of nitrogens with zero attached hydrogens (tertiary/aromatic N) is 4. The zero-order valence-electron chi connectivity index (χ0n) is 21.1. The van der Waals surface area contributed by atoms with Crippen molar-refractivity contribution in [3.05, 3.63) is 35.7 Å². The number of hydrogen-bond acceptors (Lipinski definition) is 8. The zero-order valence-corrected chi connectivity index (χ0v) is 21.9. The number of carbonyl (C=O) groups excluding carboxylic acids is 1. The highest BCUT2D eigenvalue weighted by molar-refractivity contribution is 7.17. The highest BCUT2D eigenvalue weighted by Crippen LogP contribution is 2.29. The van der Waals surface area contributed by atoms with Crippen LogP contribution in [0, 0.1) is 5.92 Å². The van der Waals surface area contributed by atoms with Crippen LogP contribution in [-0.4, -0.2) is 67.1 Å². The van der Waals surface area contributed by atoms with E-state index in [4.69, 9.17) is 9.97 Å². The molecular weight excluding hydrogens is 470 g/mol. The Morgan fingerprint density at radius 1 is 1.00 bits per heavy atom. The minimum atomic E-state index is 0.212. The lowest BCUT2D eigenvalue weighted by molar-refractivity contribution is -0.125. The van der Waals surface area contributed by atoms with Crippen molar-refractivity contribution in [1.82, 2.24) is 20.2 Å². The highest BCUT2D eigenvalue weighted by Gasteiger charge is 2.20. The van der Waals surface area contributed by atoms with Gasteiger partial charge in [0.25, 0.3) is 0 Å². The third-order valence-electron chi connectivity index (χ3n) is 7.22. The summed E-state index contributed by atoms with van der Waals surface area (Å²) in [5.41, 5.74) is 3.15. The molecule has 0 atom stereocenters. The number of fused-ring (bicyclic) bond motifs is 1. The van der Waals surface area contributed by atoms with Gasteiger partial charge in [0.15, 0.2) is 0 Å². The quantitative estimate of drug-likeness (QED) is 0.363. The molecule has 0 unspecified atom stereocenters. The minimum Gasteiger partial charge on any atom is -0.369 e. The first-order valence-electron chi connectivity index (χ1n) is 13.2. The first-order valence-corrected chi connectivity index (χ1v) is 14.1. The predicted molar refractivity (Wildman–Crippen MR) is 150 cm³/mol. The van der Waals surface area contributed by atoms with Gasteiger partial charge in [-0.2, -0.15) is 4.98 Å². The average Bonchev–Trinajstić information content (AvgIpc) is 3.39. The number of nitrogens with one attached hydrogen (secondary N) is 3. The third kappa shape index (κ3) is 6.25. The molecule has 1 aliphatic carbocycles. The van der Waals surface area contributed by atoms with Crippen molar-refractivity contribution in [3.8, 4) is 0 Å². The van der Waals surface area contributed by atoms with Gasteiger partial charge >= 0.3 is 0 Å². The fraction of sp³-hybridized carbons (Fsp3) is 0.519. The van der Waals surface area contributed by atoms with Gasteiger partial charge in [0.2, 0.25) is 11.9 Å². The highest BCUT2D eigenvalue weighted by atomic mass is 32.1. The molecule has 3 N–H and O–H groups in total. The predicted octanol–water partition coefficient (Wildman–Crippen LogP) is 4.69. The van der Waals surface area contributed by atoms with Crippen molar-refractivity contribution >= 4 is 50.6 Å². The Morgan fingerprint density at radius 3 is 2.56 bits per heavy atom. The summed E-state index contributed by atoms with van der Waals surface area (Å²) in [6.45, 7) is 5.73. The Labute approximate surface area is 217 Å². The molecule has 0 radical (unpaired) electrons. The molecule has 3 aromatic rings.